The van der Waals surface area contributed by atoms with E-state index in [4.69, 9.17) is 4.74 Å². The predicted molar refractivity (Wildman–Crippen MR) is 73.4 cm³/mol. The molecule has 0 saturated heterocycles. The van der Waals surface area contributed by atoms with Gasteiger partial charge in [-0.15, -0.1) is 0 Å². The Morgan fingerprint density at radius 2 is 1.61 bits per heavy atom. The fraction of sp³-hybridized carbons (Fsp3) is 0.294. The summed E-state index contributed by atoms with van der Waals surface area (Å²) in [4.78, 5) is 0. The van der Waals surface area contributed by atoms with Gasteiger partial charge in [0, 0.05) is 5.92 Å². The molecule has 0 radical (unpaired) electrons. The SMILES string of the molecule is CC1(OCc2ccccc2)CC1c1ccccc1. The molecule has 2 aromatic carbocycles. The number of benzene rings is 2. The van der Waals surface area contributed by atoms with Crippen LogP contribution in [-0.2, 0) is 11.3 Å². The molecule has 0 heterocycles. The van der Waals surface area contributed by atoms with Crippen molar-refractivity contribution in [2.24, 2.45) is 0 Å². The van der Waals surface area contributed by atoms with Crippen molar-refractivity contribution < 1.29 is 4.74 Å². The third-order valence-electron chi connectivity index (χ3n) is 3.80. The second kappa shape index (κ2) is 4.58. The summed E-state index contributed by atoms with van der Waals surface area (Å²) in [5.41, 5.74) is 2.67. The van der Waals surface area contributed by atoms with Gasteiger partial charge in [0.1, 0.15) is 0 Å². The van der Waals surface area contributed by atoms with Gasteiger partial charge in [-0.3, -0.25) is 0 Å². The lowest BCUT2D eigenvalue weighted by atomic mass is 10.1. The molecule has 1 heteroatoms. The summed E-state index contributed by atoms with van der Waals surface area (Å²) in [5, 5.41) is 0. The number of hydrogen-bond acceptors (Lipinski definition) is 1. The Hall–Kier alpha value is -1.60. The molecule has 2 unspecified atom stereocenters. The lowest BCUT2D eigenvalue weighted by Gasteiger charge is -2.13. The molecule has 0 N–H and O–H groups in total. The maximum Gasteiger partial charge on any atom is 0.0735 e. The van der Waals surface area contributed by atoms with Crippen molar-refractivity contribution in [1.82, 2.24) is 0 Å². The summed E-state index contributed by atoms with van der Waals surface area (Å²) >= 11 is 0. The van der Waals surface area contributed by atoms with Gasteiger partial charge < -0.3 is 4.74 Å². The van der Waals surface area contributed by atoms with Crippen LogP contribution in [0.3, 0.4) is 0 Å². The third-order valence-corrected chi connectivity index (χ3v) is 3.80. The van der Waals surface area contributed by atoms with E-state index in [9.17, 15) is 0 Å². The lowest BCUT2D eigenvalue weighted by molar-refractivity contribution is 0.0288. The Balaban J connectivity index is 1.62. The van der Waals surface area contributed by atoms with Crippen LogP contribution in [0.5, 0.6) is 0 Å². The van der Waals surface area contributed by atoms with Crippen LogP contribution in [0, 0.1) is 0 Å². The smallest absolute Gasteiger partial charge is 0.0735 e. The largest absolute Gasteiger partial charge is 0.370 e. The quantitative estimate of drug-likeness (QED) is 0.777. The highest BCUT2D eigenvalue weighted by Crippen LogP contribution is 2.54. The van der Waals surface area contributed by atoms with Crippen LogP contribution in [0.15, 0.2) is 60.7 Å². The average Bonchev–Trinajstić information content (AvgIpc) is 3.12. The molecule has 18 heavy (non-hydrogen) atoms. The van der Waals surface area contributed by atoms with Crippen LogP contribution in [-0.4, -0.2) is 5.60 Å². The first-order valence-electron chi connectivity index (χ1n) is 6.51. The molecule has 1 saturated carbocycles. The van der Waals surface area contributed by atoms with E-state index in [1.165, 1.54) is 11.1 Å². The van der Waals surface area contributed by atoms with Gasteiger partial charge in [0.25, 0.3) is 0 Å². The molecular formula is C17H18O. The molecule has 0 spiro atoms. The van der Waals surface area contributed by atoms with Gasteiger partial charge in [0.05, 0.1) is 12.2 Å². The van der Waals surface area contributed by atoms with Gasteiger partial charge in [-0.1, -0.05) is 60.7 Å². The van der Waals surface area contributed by atoms with Crippen LogP contribution in [0.4, 0.5) is 0 Å². The highest BCUT2D eigenvalue weighted by atomic mass is 16.5. The van der Waals surface area contributed by atoms with E-state index in [1.807, 2.05) is 6.07 Å². The molecule has 1 fully saturated rings. The normalized spacial score (nSPS) is 25.9. The first-order valence-corrected chi connectivity index (χ1v) is 6.51. The van der Waals surface area contributed by atoms with Gasteiger partial charge >= 0.3 is 0 Å². The molecule has 0 aliphatic heterocycles. The van der Waals surface area contributed by atoms with Crippen molar-refractivity contribution in [2.45, 2.75) is 31.5 Å². The summed E-state index contributed by atoms with van der Waals surface area (Å²) in [6, 6.07) is 21.0. The van der Waals surface area contributed by atoms with Gasteiger partial charge in [0.15, 0.2) is 0 Å². The zero-order valence-corrected chi connectivity index (χ0v) is 10.7. The predicted octanol–water partition coefficient (Wildman–Crippen LogP) is 4.15. The zero-order valence-electron chi connectivity index (χ0n) is 10.7. The van der Waals surface area contributed by atoms with Crippen molar-refractivity contribution in [3.05, 3.63) is 71.8 Å². The van der Waals surface area contributed by atoms with Crippen LogP contribution < -0.4 is 0 Å². The fourth-order valence-electron chi connectivity index (χ4n) is 2.48. The van der Waals surface area contributed by atoms with E-state index in [0.29, 0.717) is 12.5 Å². The van der Waals surface area contributed by atoms with Gasteiger partial charge in [-0.2, -0.15) is 0 Å². The molecule has 2 aromatic rings. The highest BCUT2D eigenvalue weighted by molar-refractivity contribution is 5.30. The number of ether oxygens (including phenoxy) is 1. The molecule has 1 nitrogen and oxygen atoms in total. The molecular weight excluding hydrogens is 220 g/mol. The van der Waals surface area contributed by atoms with Gasteiger partial charge in [-0.05, 0) is 24.5 Å². The fourth-order valence-corrected chi connectivity index (χ4v) is 2.48. The summed E-state index contributed by atoms with van der Waals surface area (Å²) in [6.45, 7) is 2.92. The Labute approximate surface area is 108 Å². The first kappa shape index (κ1) is 11.5. The Morgan fingerprint density at radius 1 is 1.00 bits per heavy atom. The molecule has 3 rings (SSSR count). The van der Waals surface area contributed by atoms with E-state index in [0.717, 1.165) is 6.42 Å². The number of rotatable bonds is 4. The minimum atomic E-state index is 0.0250. The van der Waals surface area contributed by atoms with Crippen molar-refractivity contribution in [3.63, 3.8) is 0 Å². The first-order chi connectivity index (χ1) is 8.78. The Kier molecular flexibility index (Phi) is 2.92. The van der Waals surface area contributed by atoms with Gasteiger partial charge in [0.2, 0.25) is 0 Å². The molecule has 2 atom stereocenters. The topological polar surface area (TPSA) is 9.23 Å². The minimum absolute atomic E-state index is 0.0250. The summed E-state index contributed by atoms with van der Waals surface area (Å²) in [5.74, 6) is 0.558. The Bertz CT molecular complexity index is 506. The second-order valence-corrected chi connectivity index (χ2v) is 5.25. The van der Waals surface area contributed by atoms with E-state index >= 15 is 0 Å². The molecule has 92 valence electrons. The molecule has 0 aromatic heterocycles. The van der Waals surface area contributed by atoms with Crippen LogP contribution in [0.1, 0.15) is 30.4 Å². The van der Waals surface area contributed by atoms with Crippen molar-refractivity contribution in [3.8, 4) is 0 Å². The molecule has 0 bridgehead atoms. The van der Waals surface area contributed by atoms with Gasteiger partial charge in [-0.25, -0.2) is 0 Å². The van der Waals surface area contributed by atoms with E-state index < -0.39 is 0 Å². The zero-order chi connectivity index (χ0) is 12.4. The second-order valence-electron chi connectivity index (χ2n) is 5.25. The summed E-state index contributed by atoms with van der Waals surface area (Å²) in [7, 11) is 0. The third kappa shape index (κ3) is 2.32. The van der Waals surface area contributed by atoms with E-state index in [-0.39, 0.29) is 5.60 Å². The van der Waals surface area contributed by atoms with E-state index in [2.05, 4.69) is 61.5 Å². The van der Waals surface area contributed by atoms with E-state index in [1.54, 1.807) is 0 Å². The molecule has 1 aliphatic carbocycles. The minimum Gasteiger partial charge on any atom is -0.370 e. The summed E-state index contributed by atoms with van der Waals surface area (Å²) < 4.78 is 6.09. The molecule has 0 amide bonds. The highest BCUT2D eigenvalue weighted by Gasteiger charge is 2.52. The van der Waals surface area contributed by atoms with Crippen LogP contribution >= 0.6 is 0 Å². The van der Waals surface area contributed by atoms with Crippen LogP contribution in [0.2, 0.25) is 0 Å². The standard InChI is InChI=1S/C17H18O/c1-17(18-13-14-8-4-2-5-9-14)12-16(17)15-10-6-3-7-11-15/h2-11,16H,12-13H2,1H3. The maximum absolute atomic E-state index is 6.09. The Morgan fingerprint density at radius 3 is 2.28 bits per heavy atom. The van der Waals surface area contributed by atoms with Crippen LogP contribution in [0.25, 0.3) is 0 Å². The van der Waals surface area contributed by atoms with Crippen molar-refractivity contribution in [2.75, 3.05) is 0 Å². The maximum atomic E-state index is 6.09. The lowest BCUT2D eigenvalue weighted by Crippen LogP contribution is -2.11. The van der Waals surface area contributed by atoms with Crippen molar-refractivity contribution in [1.29, 1.82) is 0 Å². The average molecular weight is 238 g/mol. The number of hydrogen-bond donors (Lipinski definition) is 0. The summed E-state index contributed by atoms with van der Waals surface area (Å²) in [6.07, 6.45) is 1.13. The molecule has 1 aliphatic rings. The monoisotopic (exact) mass is 238 g/mol. The van der Waals surface area contributed by atoms with Crippen molar-refractivity contribution >= 4 is 0 Å².